The molecule has 3 aromatic carbocycles. The quantitative estimate of drug-likeness (QED) is 0.498. The van der Waals surface area contributed by atoms with Gasteiger partial charge in [0.15, 0.2) is 0 Å². The van der Waals surface area contributed by atoms with Crippen LogP contribution in [0, 0.1) is 20.8 Å². The van der Waals surface area contributed by atoms with E-state index in [9.17, 15) is 13.2 Å². The van der Waals surface area contributed by atoms with Gasteiger partial charge in [0, 0.05) is 6.54 Å². The van der Waals surface area contributed by atoms with Crippen LogP contribution in [0.3, 0.4) is 0 Å². The van der Waals surface area contributed by atoms with Crippen molar-refractivity contribution in [1.82, 2.24) is 9.62 Å². The summed E-state index contributed by atoms with van der Waals surface area (Å²) in [4.78, 5) is 13.2. The second-order valence-electron chi connectivity index (χ2n) is 8.47. The SMILES string of the molecule is Cc1cc(C)c([C@@H](C)NC(=O)CN(CCc2ccccc2)S(=O)(=O)c2ccccc2)cc1C. The molecule has 5 nitrogen and oxygen atoms in total. The number of carbonyl (C=O) groups is 1. The molecule has 0 saturated heterocycles. The highest BCUT2D eigenvalue weighted by molar-refractivity contribution is 7.89. The minimum atomic E-state index is -3.81. The molecule has 0 aliphatic rings. The van der Waals surface area contributed by atoms with E-state index in [0.29, 0.717) is 6.42 Å². The van der Waals surface area contributed by atoms with E-state index in [-0.39, 0.29) is 29.9 Å². The summed E-state index contributed by atoms with van der Waals surface area (Å²) in [5, 5.41) is 2.99. The first kappa shape index (κ1) is 24.7. The van der Waals surface area contributed by atoms with Gasteiger partial charge in [-0.05, 0) is 74.1 Å². The Morgan fingerprint density at radius 3 is 2.09 bits per heavy atom. The fraction of sp³-hybridized carbons (Fsp3) is 0.296. The third kappa shape index (κ3) is 6.30. The number of amides is 1. The molecule has 0 bridgehead atoms. The highest BCUT2D eigenvalue weighted by Gasteiger charge is 2.27. The lowest BCUT2D eigenvalue weighted by molar-refractivity contribution is -0.121. The Balaban J connectivity index is 1.78. The van der Waals surface area contributed by atoms with E-state index in [4.69, 9.17) is 0 Å². The smallest absolute Gasteiger partial charge is 0.243 e. The van der Waals surface area contributed by atoms with Crippen molar-refractivity contribution < 1.29 is 13.2 Å². The van der Waals surface area contributed by atoms with Crippen molar-refractivity contribution in [3.63, 3.8) is 0 Å². The number of nitrogens with zero attached hydrogens (tertiary/aromatic N) is 1. The number of hydrogen-bond donors (Lipinski definition) is 1. The molecule has 0 spiro atoms. The van der Waals surface area contributed by atoms with Gasteiger partial charge in [-0.15, -0.1) is 0 Å². The minimum absolute atomic E-state index is 0.184. The lowest BCUT2D eigenvalue weighted by Crippen LogP contribution is -2.42. The molecule has 0 aromatic heterocycles. The van der Waals surface area contributed by atoms with Crippen molar-refractivity contribution in [2.75, 3.05) is 13.1 Å². The maximum atomic E-state index is 13.3. The summed E-state index contributed by atoms with van der Waals surface area (Å²) in [5.74, 6) is -0.326. The molecule has 33 heavy (non-hydrogen) atoms. The van der Waals surface area contributed by atoms with Crippen LogP contribution in [0.4, 0.5) is 0 Å². The maximum Gasteiger partial charge on any atom is 0.243 e. The predicted octanol–water partition coefficient (Wildman–Crippen LogP) is 4.72. The first-order valence-electron chi connectivity index (χ1n) is 11.1. The zero-order valence-electron chi connectivity index (χ0n) is 19.7. The Hall–Kier alpha value is -2.96. The molecule has 6 heteroatoms. The molecular formula is C27H32N2O3S. The van der Waals surface area contributed by atoms with Crippen molar-refractivity contribution in [3.05, 3.63) is 101 Å². The predicted molar refractivity (Wildman–Crippen MR) is 133 cm³/mol. The molecule has 0 aliphatic carbocycles. The van der Waals surface area contributed by atoms with Crippen LogP contribution in [-0.4, -0.2) is 31.7 Å². The first-order valence-corrected chi connectivity index (χ1v) is 12.6. The van der Waals surface area contributed by atoms with Crippen molar-refractivity contribution in [2.45, 2.75) is 45.1 Å². The second-order valence-corrected chi connectivity index (χ2v) is 10.4. The number of rotatable bonds is 9. The zero-order chi connectivity index (χ0) is 24.0. The summed E-state index contributed by atoms with van der Waals surface area (Å²) in [6, 6.07) is 21.9. The molecule has 0 unspecified atom stereocenters. The van der Waals surface area contributed by atoms with Crippen LogP contribution in [0.1, 0.15) is 40.8 Å². The Morgan fingerprint density at radius 1 is 0.879 bits per heavy atom. The van der Waals surface area contributed by atoms with E-state index in [0.717, 1.165) is 22.3 Å². The van der Waals surface area contributed by atoms with Gasteiger partial charge in [-0.3, -0.25) is 4.79 Å². The number of carbonyl (C=O) groups excluding carboxylic acids is 1. The fourth-order valence-corrected chi connectivity index (χ4v) is 5.32. The van der Waals surface area contributed by atoms with Crippen LogP contribution in [-0.2, 0) is 21.2 Å². The molecule has 1 atom stereocenters. The van der Waals surface area contributed by atoms with E-state index in [2.05, 4.69) is 24.4 Å². The monoisotopic (exact) mass is 464 g/mol. The first-order chi connectivity index (χ1) is 15.7. The topological polar surface area (TPSA) is 66.5 Å². The highest BCUT2D eigenvalue weighted by Crippen LogP contribution is 2.22. The van der Waals surface area contributed by atoms with E-state index in [1.54, 1.807) is 30.3 Å². The van der Waals surface area contributed by atoms with Crippen molar-refractivity contribution in [1.29, 1.82) is 0 Å². The molecule has 3 rings (SSSR count). The van der Waals surface area contributed by atoms with Gasteiger partial charge in [0.1, 0.15) is 0 Å². The van der Waals surface area contributed by atoms with E-state index >= 15 is 0 Å². The lowest BCUT2D eigenvalue weighted by atomic mass is 9.96. The van der Waals surface area contributed by atoms with Crippen molar-refractivity contribution in [3.8, 4) is 0 Å². The summed E-state index contributed by atoms with van der Waals surface area (Å²) in [6.07, 6.45) is 0.520. The molecule has 1 amide bonds. The number of nitrogens with one attached hydrogen (secondary N) is 1. The molecule has 0 aliphatic heterocycles. The Kier molecular flexibility index (Phi) is 8.06. The molecule has 3 aromatic rings. The van der Waals surface area contributed by atoms with Crippen LogP contribution in [0.25, 0.3) is 0 Å². The summed E-state index contributed by atoms with van der Waals surface area (Å²) in [6.45, 7) is 8.04. The average molecular weight is 465 g/mol. The van der Waals surface area contributed by atoms with Gasteiger partial charge < -0.3 is 5.32 Å². The lowest BCUT2D eigenvalue weighted by Gasteiger charge is -2.24. The van der Waals surface area contributed by atoms with Crippen LogP contribution >= 0.6 is 0 Å². The molecule has 174 valence electrons. The Bertz CT molecular complexity index is 1190. The summed E-state index contributed by atoms with van der Waals surface area (Å²) >= 11 is 0. The summed E-state index contributed by atoms with van der Waals surface area (Å²) in [5.41, 5.74) is 5.52. The molecule has 0 radical (unpaired) electrons. The summed E-state index contributed by atoms with van der Waals surface area (Å²) < 4.78 is 27.9. The molecule has 0 saturated carbocycles. The third-order valence-corrected chi connectivity index (χ3v) is 7.78. The van der Waals surface area contributed by atoms with Gasteiger partial charge in [-0.2, -0.15) is 4.31 Å². The molecule has 0 heterocycles. The van der Waals surface area contributed by atoms with E-state index in [1.807, 2.05) is 51.1 Å². The van der Waals surface area contributed by atoms with Gasteiger partial charge in [-0.1, -0.05) is 60.7 Å². The zero-order valence-corrected chi connectivity index (χ0v) is 20.5. The van der Waals surface area contributed by atoms with Gasteiger partial charge in [0.25, 0.3) is 0 Å². The average Bonchev–Trinajstić information content (AvgIpc) is 2.80. The molecule has 0 fully saturated rings. The fourth-order valence-electron chi connectivity index (χ4n) is 3.90. The summed E-state index contributed by atoms with van der Waals surface area (Å²) in [7, 11) is -3.81. The highest BCUT2D eigenvalue weighted by atomic mass is 32.2. The van der Waals surface area contributed by atoms with E-state index < -0.39 is 10.0 Å². The Labute approximate surface area is 197 Å². The van der Waals surface area contributed by atoms with Crippen LogP contribution in [0.2, 0.25) is 0 Å². The van der Waals surface area contributed by atoms with Gasteiger partial charge >= 0.3 is 0 Å². The van der Waals surface area contributed by atoms with E-state index in [1.165, 1.54) is 9.87 Å². The Morgan fingerprint density at radius 2 is 1.45 bits per heavy atom. The van der Waals surface area contributed by atoms with Crippen molar-refractivity contribution in [2.24, 2.45) is 0 Å². The molecular weight excluding hydrogens is 432 g/mol. The van der Waals surface area contributed by atoms with Crippen LogP contribution in [0.5, 0.6) is 0 Å². The van der Waals surface area contributed by atoms with Gasteiger partial charge in [0.05, 0.1) is 17.5 Å². The van der Waals surface area contributed by atoms with Crippen LogP contribution in [0.15, 0.2) is 77.7 Å². The number of aryl methyl sites for hydroxylation is 3. The number of benzene rings is 3. The van der Waals surface area contributed by atoms with Gasteiger partial charge in [0.2, 0.25) is 15.9 Å². The third-order valence-electron chi connectivity index (χ3n) is 5.92. The molecule has 1 N–H and O–H groups in total. The normalized spacial score (nSPS) is 12.5. The van der Waals surface area contributed by atoms with Crippen molar-refractivity contribution >= 4 is 15.9 Å². The number of sulfonamides is 1. The standard InChI is InChI=1S/C27H32N2O3S/c1-20-17-22(3)26(18-21(20)2)23(4)28-27(30)19-29(16-15-24-11-7-5-8-12-24)33(31,32)25-13-9-6-10-14-25/h5-14,17-18,23H,15-16,19H2,1-4H3,(H,28,30)/t23-/m1/s1. The largest absolute Gasteiger partial charge is 0.348 e. The minimum Gasteiger partial charge on any atom is -0.348 e. The van der Waals surface area contributed by atoms with Gasteiger partial charge in [-0.25, -0.2) is 8.42 Å². The van der Waals surface area contributed by atoms with Crippen LogP contribution < -0.4 is 5.32 Å². The number of hydrogen-bond acceptors (Lipinski definition) is 3. The maximum absolute atomic E-state index is 13.3. The second kappa shape index (κ2) is 10.8.